The first-order chi connectivity index (χ1) is 16.1. The molecule has 4 rings (SSSR count). The number of nitro groups is 1. The van der Waals surface area contributed by atoms with E-state index in [-0.39, 0.29) is 23.0 Å². The summed E-state index contributed by atoms with van der Waals surface area (Å²) in [6, 6.07) is 16.4. The quantitative estimate of drug-likeness (QED) is 0.106. The van der Waals surface area contributed by atoms with E-state index >= 15 is 0 Å². The van der Waals surface area contributed by atoms with Gasteiger partial charge in [0.2, 0.25) is 5.84 Å². The Kier molecular flexibility index (Phi) is 6.75. The van der Waals surface area contributed by atoms with Crippen LogP contribution >= 0.6 is 11.8 Å². The van der Waals surface area contributed by atoms with E-state index in [1.807, 2.05) is 18.2 Å². The zero-order valence-electron chi connectivity index (χ0n) is 16.9. The summed E-state index contributed by atoms with van der Waals surface area (Å²) in [4.78, 5) is 31.0. The number of pyridine rings is 1. The number of azo groups is 1. The second-order valence-corrected chi connectivity index (χ2v) is 7.35. The number of thioether (sulfide) groups is 1. The molecule has 2 aromatic heterocycles. The van der Waals surface area contributed by atoms with Gasteiger partial charge in [0, 0.05) is 30.1 Å². The number of hydrogen-bond donors (Lipinski definition) is 1. The number of aromatic nitrogens is 2. The summed E-state index contributed by atoms with van der Waals surface area (Å²) in [5.41, 5.74) is 4.41. The first-order valence-corrected chi connectivity index (χ1v) is 10.5. The van der Waals surface area contributed by atoms with E-state index < -0.39 is 10.8 Å². The Bertz CT molecular complexity index is 1320. The zero-order valence-corrected chi connectivity index (χ0v) is 17.7. The number of amidine groups is 1. The topological polar surface area (TPSA) is 148 Å². The van der Waals surface area contributed by atoms with Gasteiger partial charge >= 0.3 is 0 Å². The molecule has 0 radical (unpaired) electrons. The van der Waals surface area contributed by atoms with Gasteiger partial charge in [-0.25, -0.2) is 10.4 Å². The zero-order chi connectivity index (χ0) is 23.0. The number of rotatable bonds is 7. The summed E-state index contributed by atoms with van der Waals surface area (Å²) in [5, 5.41) is 23.4. The number of hydrazone groups is 1. The van der Waals surface area contributed by atoms with Crippen molar-refractivity contribution < 1.29 is 14.1 Å². The van der Waals surface area contributed by atoms with Gasteiger partial charge < -0.3 is 4.42 Å². The fourth-order valence-corrected chi connectivity index (χ4v) is 3.23. The lowest BCUT2D eigenvalue weighted by Crippen LogP contribution is -2.21. The summed E-state index contributed by atoms with van der Waals surface area (Å²) < 4.78 is 5.57. The summed E-state index contributed by atoms with van der Waals surface area (Å²) >= 11 is 1.13. The van der Waals surface area contributed by atoms with Gasteiger partial charge in [0.1, 0.15) is 5.52 Å². The molecule has 0 saturated heterocycles. The number of nitro benzene ring substituents is 1. The molecule has 2 aromatic carbocycles. The molecule has 0 bridgehead atoms. The van der Waals surface area contributed by atoms with Crippen molar-refractivity contribution >= 4 is 46.0 Å². The highest BCUT2D eigenvalue weighted by molar-refractivity contribution is 7.99. The average molecular weight is 461 g/mol. The van der Waals surface area contributed by atoms with Crippen LogP contribution in [0.3, 0.4) is 0 Å². The molecule has 164 valence electrons. The maximum atomic E-state index is 12.3. The summed E-state index contributed by atoms with van der Waals surface area (Å²) in [6.45, 7) is 0. The maximum Gasteiger partial charge on any atom is 0.271 e. The predicted molar refractivity (Wildman–Crippen MR) is 121 cm³/mol. The van der Waals surface area contributed by atoms with Crippen molar-refractivity contribution in [3.05, 3.63) is 88.7 Å². The number of para-hydroxylation sites is 2. The number of carbonyl (C=O) groups is 1. The van der Waals surface area contributed by atoms with Gasteiger partial charge in [-0.05, 0) is 30.3 Å². The van der Waals surface area contributed by atoms with Gasteiger partial charge in [-0.3, -0.25) is 19.9 Å². The fraction of sp³-hybridized carbons (Fsp3) is 0.0476. The van der Waals surface area contributed by atoms with Crippen LogP contribution in [0.4, 0.5) is 11.4 Å². The van der Waals surface area contributed by atoms with Crippen molar-refractivity contribution in [3.63, 3.8) is 0 Å². The predicted octanol–water partition coefficient (Wildman–Crippen LogP) is 4.49. The number of amides is 1. The lowest BCUT2D eigenvalue weighted by Gasteiger charge is -2.02. The highest BCUT2D eigenvalue weighted by Crippen LogP contribution is 2.23. The average Bonchev–Trinajstić information content (AvgIpc) is 3.26. The number of oxazole rings is 1. The molecular weight excluding hydrogens is 446 g/mol. The Morgan fingerprint density at radius 3 is 2.82 bits per heavy atom. The Balaban J connectivity index is 1.46. The molecule has 0 aliphatic heterocycles. The van der Waals surface area contributed by atoms with Crippen molar-refractivity contribution in [3.8, 4) is 0 Å². The SMILES string of the molecule is O=C(CSc1nc2ccccc2o1)N/N=C(\N=Nc1cccc([N+](=O)[O-])c1)c1cccnc1. The number of benzene rings is 2. The van der Waals surface area contributed by atoms with Crippen LogP contribution in [0.5, 0.6) is 0 Å². The summed E-state index contributed by atoms with van der Waals surface area (Å²) in [6.07, 6.45) is 3.08. The van der Waals surface area contributed by atoms with Crippen LogP contribution in [0.15, 0.2) is 98.0 Å². The largest absolute Gasteiger partial charge is 0.431 e. The van der Waals surface area contributed by atoms with Crippen LogP contribution in [0.2, 0.25) is 0 Å². The number of carbonyl (C=O) groups excluding carboxylic acids is 1. The van der Waals surface area contributed by atoms with E-state index in [1.165, 1.54) is 24.4 Å². The number of non-ortho nitro benzene ring substituents is 1. The van der Waals surface area contributed by atoms with Crippen LogP contribution in [-0.2, 0) is 4.79 Å². The van der Waals surface area contributed by atoms with E-state index in [2.05, 4.69) is 30.7 Å². The lowest BCUT2D eigenvalue weighted by atomic mass is 10.3. The number of nitrogens with one attached hydrogen (secondary N) is 1. The van der Waals surface area contributed by atoms with Gasteiger partial charge in [0.05, 0.1) is 16.4 Å². The van der Waals surface area contributed by atoms with Crippen molar-refractivity contribution in [2.24, 2.45) is 15.3 Å². The minimum absolute atomic E-state index is 0.0126. The smallest absolute Gasteiger partial charge is 0.271 e. The molecular formula is C21H15N7O4S. The van der Waals surface area contributed by atoms with Gasteiger partial charge in [-0.15, -0.1) is 10.2 Å². The molecule has 0 saturated carbocycles. The monoisotopic (exact) mass is 461 g/mol. The van der Waals surface area contributed by atoms with Gasteiger partial charge in [0.25, 0.3) is 16.8 Å². The molecule has 12 heteroatoms. The van der Waals surface area contributed by atoms with E-state index in [4.69, 9.17) is 4.42 Å². The van der Waals surface area contributed by atoms with Gasteiger partial charge in [-0.2, -0.15) is 5.10 Å². The minimum atomic E-state index is -0.524. The van der Waals surface area contributed by atoms with Crippen LogP contribution in [0.25, 0.3) is 11.1 Å². The van der Waals surface area contributed by atoms with Gasteiger partial charge in [0.15, 0.2) is 5.58 Å². The van der Waals surface area contributed by atoms with Crippen LogP contribution in [0, 0.1) is 10.1 Å². The first-order valence-electron chi connectivity index (χ1n) is 9.50. The normalized spacial score (nSPS) is 11.7. The lowest BCUT2D eigenvalue weighted by molar-refractivity contribution is -0.384. The highest BCUT2D eigenvalue weighted by atomic mass is 32.2. The van der Waals surface area contributed by atoms with Crippen molar-refractivity contribution in [1.29, 1.82) is 0 Å². The fourth-order valence-electron chi connectivity index (χ4n) is 2.60. The number of fused-ring (bicyclic) bond motifs is 1. The second kappa shape index (κ2) is 10.2. The summed E-state index contributed by atoms with van der Waals surface area (Å²) in [5.74, 6) is -0.317. The van der Waals surface area contributed by atoms with Crippen molar-refractivity contribution in [1.82, 2.24) is 15.4 Å². The minimum Gasteiger partial charge on any atom is -0.431 e. The van der Waals surface area contributed by atoms with Crippen molar-refractivity contribution in [2.75, 3.05) is 5.75 Å². The van der Waals surface area contributed by atoms with E-state index in [9.17, 15) is 14.9 Å². The Morgan fingerprint density at radius 1 is 1.15 bits per heavy atom. The molecule has 0 fully saturated rings. The van der Waals surface area contributed by atoms with Gasteiger partial charge in [-0.1, -0.05) is 30.0 Å². The molecule has 1 amide bonds. The molecule has 11 nitrogen and oxygen atoms in total. The van der Waals surface area contributed by atoms with E-state index in [0.29, 0.717) is 21.9 Å². The van der Waals surface area contributed by atoms with E-state index in [0.717, 1.165) is 11.8 Å². The maximum absolute atomic E-state index is 12.3. The second-order valence-electron chi connectivity index (χ2n) is 6.43. The van der Waals surface area contributed by atoms with Crippen molar-refractivity contribution in [2.45, 2.75) is 5.22 Å². The van der Waals surface area contributed by atoms with E-state index in [1.54, 1.807) is 30.5 Å². The third-order valence-electron chi connectivity index (χ3n) is 4.11. The third kappa shape index (κ3) is 5.83. The number of nitrogens with zero attached hydrogens (tertiary/aromatic N) is 6. The molecule has 0 atom stereocenters. The number of hydrogen-bond acceptors (Lipinski definition) is 9. The Morgan fingerprint density at radius 2 is 2.03 bits per heavy atom. The van der Waals surface area contributed by atoms with Crippen LogP contribution in [0.1, 0.15) is 5.56 Å². The van der Waals surface area contributed by atoms with Crippen LogP contribution in [-0.4, -0.2) is 32.4 Å². The molecule has 1 N–H and O–H groups in total. The molecule has 0 aliphatic carbocycles. The summed E-state index contributed by atoms with van der Waals surface area (Å²) in [7, 11) is 0. The Hall–Kier alpha value is -4.45. The third-order valence-corrected chi connectivity index (χ3v) is 4.94. The standard InChI is InChI=1S/C21H15N7O4S/c29-19(13-33-21-23-17-8-1-2-9-18(17)32-21)25-27-20(14-5-4-10-22-12-14)26-24-15-6-3-7-16(11-15)28(30)31/h1-12H,13H2,(H,25,29)/b26-24?,27-20-. The first kappa shape index (κ1) is 21.8. The Labute approximate surface area is 190 Å². The molecule has 33 heavy (non-hydrogen) atoms. The molecule has 0 aliphatic rings. The highest BCUT2D eigenvalue weighted by Gasteiger charge is 2.10. The molecule has 2 heterocycles. The molecule has 0 unspecified atom stereocenters. The molecule has 0 spiro atoms. The van der Waals surface area contributed by atoms with Crippen LogP contribution < -0.4 is 5.43 Å². The molecule has 4 aromatic rings.